The van der Waals surface area contributed by atoms with Gasteiger partial charge in [-0.25, -0.2) is 8.42 Å². The van der Waals surface area contributed by atoms with Gasteiger partial charge in [0.2, 0.25) is 10.0 Å². The van der Waals surface area contributed by atoms with Crippen molar-refractivity contribution in [2.45, 2.75) is 38.5 Å². The zero-order valence-corrected chi connectivity index (χ0v) is 18.9. The number of halogens is 1. The van der Waals surface area contributed by atoms with Crippen LogP contribution in [0.15, 0.2) is 17.0 Å². The maximum Gasteiger partial charge on any atom is 0.248 e. The van der Waals surface area contributed by atoms with Gasteiger partial charge >= 0.3 is 0 Å². The third-order valence-corrected chi connectivity index (χ3v) is 7.96. The summed E-state index contributed by atoms with van der Waals surface area (Å²) in [5, 5.41) is 4.19. The number of aryl methyl sites for hydroxylation is 4. The number of nitrogens with zero attached hydrogens (tertiary/aromatic N) is 3. The first-order valence-electron chi connectivity index (χ1n) is 9.46. The van der Waals surface area contributed by atoms with Gasteiger partial charge in [-0.2, -0.15) is 9.40 Å². The van der Waals surface area contributed by atoms with Crippen molar-refractivity contribution in [3.8, 4) is 5.75 Å². The van der Waals surface area contributed by atoms with Gasteiger partial charge in [-0.15, -0.1) is 0 Å². The molecule has 1 aliphatic heterocycles. The van der Waals surface area contributed by atoms with E-state index >= 15 is 0 Å². The lowest BCUT2D eigenvalue weighted by Crippen LogP contribution is -2.42. The van der Waals surface area contributed by atoms with Crippen molar-refractivity contribution in [2.75, 3.05) is 20.2 Å². The molecule has 2 heterocycles. The molecule has 1 saturated heterocycles. The average molecular weight is 440 g/mol. The van der Waals surface area contributed by atoms with E-state index in [0.717, 1.165) is 16.9 Å². The van der Waals surface area contributed by atoms with Crippen LogP contribution in [0.5, 0.6) is 5.75 Å². The predicted octanol–water partition coefficient (Wildman–Crippen LogP) is 3.29. The van der Waals surface area contributed by atoms with Gasteiger partial charge in [-0.3, -0.25) is 9.48 Å². The van der Waals surface area contributed by atoms with Gasteiger partial charge in [-0.1, -0.05) is 11.6 Å². The molecule has 0 unspecified atom stereocenters. The summed E-state index contributed by atoms with van der Waals surface area (Å²) in [6.07, 6.45) is 1.26. The number of aromatic nitrogens is 2. The molecule has 2 aromatic rings. The molecule has 1 atom stereocenters. The first-order chi connectivity index (χ1) is 13.6. The lowest BCUT2D eigenvalue weighted by atomic mass is 9.89. The van der Waals surface area contributed by atoms with E-state index in [9.17, 15) is 13.2 Å². The first kappa shape index (κ1) is 21.8. The summed E-state index contributed by atoms with van der Waals surface area (Å²) in [6.45, 7) is 5.91. The van der Waals surface area contributed by atoms with E-state index in [1.807, 2.05) is 26.0 Å². The predicted molar refractivity (Wildman–Crippen MR) is 111 cm³/mol. The molecule has 9 heteroatoms. The molecule has 1 fully saturated rings. The van der Waals surface area contributed by atoms with Crippen LogP contribution in [0.3, 0.4) is 0 Å². The van der Waals surface area contributed by atoms with Crippen molar-refractivity contribution < 1.29 is 17.9 Å². The Kier molecular flexibility index (Phi) is 6.08. The Hall–Kier alpha value is -1.90. The summed E-state index contributed by atoms with van der Waals surface area (Å²) in [7, 11) is -0.626. The van der Waals surface area contributed by atoms with Crippen LogP contribution in [0.25, 0.3) is 0 Å². The lowest BCUT2D eigenvalue weighted by Gasteiger charge is -2.31. The highest BCUT2D eigenvalue weighted by molar-refractivity contribution is 7.89. The normalized spacial score (nSPS) is 18.1. The number of methoxy groups -OCH3 is 1. The Balaban J connectivity index is 1.88. The summed E-state index contributed by atoms with van der Waals surface area (Å²) in [6, 6.07) is 3.62. The second kappa shape index (κ2) is 8.08. The fourth-order valence-corrected chi connectivity index (χ4v) is 6.29. The molecule has 0 spiro atoms. The maximum absolute atomic E-state index is 13.2. The molecule has 0 saturated carbocycles. The van der Waals surface area contributed by atoms with Gasteiger partial charge in [0, 0.05) is 31.6 Å². The van der Waals surface area contributed by atoms with Crippen molar-refractivity contribution in [2.24, 2.45) is 13.0 Å². The number of piperidine rings is 1. The SMILES string of the molecule is COc1c(C)cc(C(=O)[C@H]2CCCN(S(=O)(=O)c3c(C)nn(C)c3Cl)C2)cc1C. The number of carbonyl (C=O) groups excluding carboxylic acids is 1. The smallest absolute Gasteiger partial charge is 0.248 e. The number of hydrogen-bond acceptors (Lipinski definition) is 5. The number of sulfonamides is 1. The number of rotatable bonds is 5. The zero-order valence-electron chi connectivity index (χ0n) is 17.3. The van der Waals surface area contributed by atoms with Gasteiger partial charge in [0.25, 0.3) is 0 Å². The fourth-order valence-electron chi connectivity index (χ4n) is 4.06. The van der Waals surface area contributed by atoms with Crippen LogP contribution in [0, 0.1) is 26.7 Å². The number of Topliss-reactive ketones (excluding diaryl/α,β-unsaturated/α-hetero) is 1. The van der Waals surface area contributed by atoms with E-state index in [0.29, 0.717) is 30.6 Å². The molecule has 29 heavy (non-hydrogen) atoms. The molecule has 0 N–H and O–H groups in total. The molecule has 158 valence electrons. The summed E-state index contributed by atoms with van der Waals surface area (Å²) in [5.41, 5.74) is 2.70. The second-order valence-electron chi connectivity index (χ2n) is 7.54. The van der Waals surface area contributed by atoms with Crippen molar-refractivity contribution in [3.63, 3.8) is 0 Å². The van der Waals surface area contributed by atoms with E-state index < -0.39 is 15.9 Å². The summed E-state index contributed by atoms with van der Waals surface area (Å²) >= 11 is 6.19. The molecule has 0 radical (unpaired) electrons. The van der Waals surface area contributed by atoms with Crippen LogP contribution >= 0.6 is 11.6 Å². The van der Waals surface area contributed by atoms with Gasteiger partial charge in [0.1, 0.15) is 15.8 Å². The molecule has 1 aromatic heterocycles. The van der Waals surface area contributed by atoms with Crippen molar-refractivity contribution in [1.82, 2.24) is 14.1 Å². The van der Waals surface area contributed by atoms with Gasteiger partial charge < -0.3 is 4.74 Å². The molecule has 1 aromatic carbocycles. The number of carbonyl (C=O) groups is 1. The zero-order chi connectivity index (χ0) is 21.5. The number of benzene rings is 1. The summed E-state index contributed by atoms with van der Waals surface area (Å²) < 4.78 is 34.5. The summed E-state index contributed by atoms with van der Waals surface area (Å²) in [5.74, 6) is 0.310. The van der Waals surface area contributed by atoms with E-state index in [2.05, 4.69) is 5.10 Å². The monoisotopic (exact) mass is 439 g/mol. The van der Waals surface area contributed by atoms with Crippen LogP contribution in [0.4, 0.5) is 0 Å². The van der Waals surface area contributed by atoms with E-state index in [4.69, 9.17) is 16.3 Å². The largest absolute Gasteiger partial charge is 0.496 e. The Labute approximate surface area is 176 Å². The summed E-state index contributed by atoms with van der Waals surface area (Å²) in [4.78, 5) is 13.2. The highest BCUT2D eigenvalue weighted by atomic mass is 35.5. The average Bonchev–Trinajstić information content (AvgIpc) is 2.93. The highest BCUT2D eigenvalue weighted by Gasteiger charge is 2.37. The number of ketones is 1. The van der Waals surface area contributed by atoms with Gasteiger partial charge in [-0.05, 0) is 56.9 Å². The minimum absolute atomic E-state index is 0.0194. The quantitative estimate of drug-likeness (QED) is 0.667. The van der Waals surface area contributed by atoms with Crippen LogP contribution in [-0.2, 0) is 17.1 Å². The topological polar surface area (TPSA) is 81.5 Å². The van der Waals surface area contributed by atoms with Crippen molar-refractivity contribution in [1.29, 1.82) is 0 Å². The molecule has 7 nitrogen and oxygen atoms in total. The van der Waals surface area contributed by atoms with Crippen LogP contribution in [-0.4, -0.2) is 48.5 Å². The molecule has 1 aliphatic rings. The maximum atomic E-state index is 13.2. The molecular weight excluding hydrogens is 414 g/mol. The van der Waals surface area contributed by atoms with Gasteiger partial charge in [0.05, 0.1) is 12.8 Å². The van der Waals surface area contributed by atoms with E-state index in [-0.39, 0.29) is 22.4 Å². The fraction of sp³-hybridized carbons (Fsp3) is 0.500. The minimum atomic E-state index is -3.83. The van der Waals surface area contributed by atoms with Crippen molar-refractivity contribution in [3.05, 3.63) is 39.7 Å². The molecule has 0 aliphatic carbocycles. The number of hydrogen-bond donors (Lipinski definition) is 0. The lowest BCUT2D eigenvalue weighted by molar-refractivity contribution is 0.0872. The Morgan fingerprint density at radius 2 is 1.86 bits per heavy atom. The molecule has 0 amide bonds. The van der Waals surface area contributed by atoms with Crippen LogP contribution in [0.2, 0.25) is 5.15 Å². The Morgan fingerprint density at radius 1 is 1.24 bits per heavy atom. The number of ether oxygens (including phenoxy) is 1. The van der Waals surface area contributed by atoms with E-state index in [1.54, 1.807) is 21.1 Å². The molecule has 3 rings (SSSR count). The second-order valence-corrected chi connectivity index (χ2v) is 9.77. The standard InChI is InChI=1S/C20H26ClN3O4S/c1-12-9-16(10-13(2)18(12)28-5)17(25)15-7-6-8-24(11-15)29(26,27)19-14(3)22-23(4)20(19)21/h9-10,15H,6-8,11H2,1-5H3/t15-/m0/s1. The van der Waals surface area contributed by atoms with Crippen LogP contribution in [0.1, 0.15) is 40.0 Å². The Bertz CT molecular complexity index is 1040. The third-order valence-electron chi connectivity index (χ3n) is 5.40. The minimum Gasteiger partial charge on any atom is -0.496 e. The van der Waals surface area contributed by atoms with Crippen molar-refractivity contribution >= 4 is 27.4 Å². The Morgan fingerprint density at radius 3 is 2.38 bits per heavy atom. The third kappa shape index (κ3) is 3.93. The van der Waals surface area contributed by atoms with Gasteiger partial charge in [0.15, 0.2) is 5.78 Å². The molecular formula is C20H26ClN3O4S. The first-order valence-corrected chi connectivity index (χ1v) is 11.3. The van der Waals surface area contributed by atoms with Crippen LogP contribution < -0.4 is 4.74 Å². The molecule has 0 bridgehead atoms. The van der Waals surface area contributed by atoms with E-state index in [1.165, 1.54) is 8.99 Å². The highest BCUT2D eigenvalue weighted by Crippen LogP contribution is 2.32.